The molecule has 0 aliphatic rings. The maximum Gasteiger partial charge on any atom is 0.0154 e. The van der Waals surface area contributed by atoms with E-state index in [0.717, 1.165) is 6.54 Å². The van der Waals surface area contributed by atoms with Crippen molar-refractivity contribution < 1.29 is 0 Å². The molecule has 3 heteroatoms. The summed E-state index contributed by atoms with van der Waals surface area (Å²) in [7, 11) is 2.22. The van der Waals surface area contributed by atoms with Gasteiger partial charge < -0.3 is 10.2 Å². The van der Waals surface area contributed by atoms with Crippen molar-refractivity contribution in [3.8, 4) is 0 Å². The Labute approximate surface area is 100 Å². The molecule has 0 saturated heterocycles. The monoisotopic (exact) mass is 232 g/mol. The van der Waals surface area contributed by atoms with Crippen LogP contribution in [-0.2, 0) is 0 Å². The highest BCUT2D eigenvalue weighted by atomic mass is 32.2. The zero-order valence-corrected chi connectivity index (χ0v) is 12.1. The molecule has 0 aromatic heterocycles. The van der Waals surface area contributed by atoms with Crippen LogP contribution in [0.15, 0.2) is 0 Å². The molecule has 0 spiro atoms. The Bertz CT molecular complexity index is 154. The first kappa shape index (κ1) is 15.3. The van der Waals surface area contributed by atoms with E-state index in [1.165, 1.54) is 18.7 Å². The van der Waals surface area contributed by atoms with E-state index in [4.69, 9.17) is 0 Å². The summed E-state index contributed by atoms with van der Waals surface area (Å²) in [4.78, 5) is 2.45. The smallest absolute Gasteiger partial charge is 0.0154 e. The van der Waals surface area contributed by atoms with Gasteiger partial charge in [0, 0.05) is 17.3 Å². The summed E-state index contributed by atoms with van der Waals surface area (Å²) in [6.07, 6.45) is 3.40. The van der Waals surface area contributed by atoms with Gasteiger partial charge in [-0.1, -0.05) is 0 Å². The van der Waals surface area contributed by atoms with E-state index in [2.05, 4.69) is 51.2 Å². The van der Waals surface area contributed by atoms with E-state index >= 15 is 0 Å². The van der Waals surface area contributed by atoms with Crippen molar-refractivity contribution >= 4 is 11.8 Å². The third kappa shape index (κ3) is 9.21. The van der Waals surface area contributed by atoms with Crippen LogP contribution < -0.4 is 5.32 Å². The second kappa shape index (κ2) is 7.53. The first-order valence-corrected chi connectivity index (χ1v) is 7.20. The Balaban J connectivity index is 3.50. The van der Waals surface area contributed by atoms with Crippen LogP contribution in [0.1, 0.15) is 34.1 Å². The topological polar surface area (TPSA) is 15.3 Å². The van der Waals surface area contributed by atoms with Crippen LogP contribution in [0.3, 0.4) is 0 Å². The maximum atomic E-state index is 3.52. The van der Waals surface area contributed by atoms with E-state index in [1.54, 1.807) is 0 Å². The molecule has 0 aliphatic carbocycles. The summed E-state index contributed by atoms with van der Waals surface area (Å²) in [5.41, 5.74) is 0.253. The molecule has 0 aromatic rings. The summed E-state index contributed by atoms with van der Waals surface area (Å²) in [5, 5.41) is 3.52. The minimum atomic E-state index is 0.253. The van der Waals surface area contributed by atoms with Crippen LogP contribution in [0.5, 0.6) is 0 Å². The van der Waals surface area contributed by atoms with Gasteiger partial charge in [0.1, 0.15) is 0 Å². The lowest BCUT2D eigenvalue weighted by molar-refractivity contribution is 0.268. The molecule has 2 nitrogen and oxygen atoms in total. The zero-order valence-electron chi connectivity index (χ0n) is 11.3. The summed E-state index contributed by atoms with van der Waals surface area (Å²) >= 11 is 1.92. The van der Waals surface area contributed by atoms with Crippen molar-refractivity contribution in [1.29, 1.82) is 0 Å². The molecule has 0 saturated carbocycles. The Morgan fingerprint density at radius 1 is 1.33 bits per heavy atom. The van der Waals surface area contributed by atoms with Gasteiger partial charge in [-0.3, -0.25) is 0 Å². The summed E-state index contributed by atoms with van der Waals surface area (Å²) < 4.78 is 0. The molecule has 1 N–H and O–H groups in total. The van der Waals surface area contributed by atoms with Crippen molar-refractivity contribution in [2.45, 2.75) is 45.7 Å². The normalized spacial score (nSPS) is 14.6. The van der Waals surface area contributed by atoms with Crippen molar-refractivity contribution in [1.82, 2.24) is 10.2 Å². The minimum absolute atomic E-state index is 0.253. The second-order valence-corrected chi connectivity index (χ2v) is 6.23. The van der Waals surface area contributed by atoms with Crippen molar-refractivity contribution in [3.63, 3.8) is 0 Å². The van der Waals surface area contributed by atoms with Crippen LogP contribution in [0, 0.1) is 0 Å². The first-order valence-electron chi connectivity index (χ1n) is 5.81. The standard InChI is InChI=1S/C12H28N2S/c1-11(10-15-6)14(5)9-7-8-13-12(2,3)4/h11,13H,7-10H2,1-6H3. The van der Waals surface area contributed by atoms with Gasteiger partial charge in [0.05, 0.1) is 0 Å². The lowest BCUT2D eigenvalue weighted by Crippen LogP contribution is -2.38. The van der Waals surface area contributed by atoms with Gasteiger partial charge in [-0.2, -0.15) is 11.8 Å². The van der Waals surface area contributed by atoms with Gasteiger partial charge >= 0.3 is 0 Å². The molecular weight excluding hydrogens is 204 g/mol. The lowest BCUT2D eigenvalue weighted by atomic mass is 10.1. The molecule has 0 heterocycles. The molecule has 0 rings (SSSR count). The highest BCUT2D eigenvalue weighted by molar-refractivity contribution is 7.98. The third-order valence-electron chi connectivity index (χ3n) is 2.50. The summed E-state index contributed by atoms with van der Waals surface area (Å²) in [6, 6.07) is 0.689. The molecule has 0 aromatic carbocycles. The largest absolute Gasteiger partial charge is 0.312 e. The molecule has 0 fully saturated rings. The molecule has 92 valence electrons. The molecule has 1 unspecified atom stereocenters. The first-order chi connectivity index (χ1) is 6.87. The van der Waals surface area contributed by atoms with Crippen LogP contribution >= 0.6 is 11.8 Å². The highest BCUT2D eigenvalue weighted by Crippen LogP contribution is 2.04. The van der Waals surface area contributed by atoms with Crippen LogP contribution in [0.2, 0.25) is 0 Å². The fourth-order valence-electron chi connectivity index (χ4n) is 1.38. The SMILES string of the molecule is CSCC(C)N(C)CCCNC(C)(C)C. The number of nitrogens with one attached hydrogen (secondary N) is 1. The van der Waals surface area contributed by atoms with Crippen LogP contribution in [0.4, 0.5) is 0 Å². The highest BCUT2D eigenvalue weighted by Gasteiger charge is 2.10. The molecule has 15 heavy (non-hydrogen) atoms. The van der Waals surface area contributed by atoms with Crippen LogP contribution in [-0.4, -0.2) is 48.6 Å². The molecule has 0 amide bonds. The van der Waals surface area contributed by atoms with Gasteiger partial charge in [0.15, 0.2) is 0 Å². The quantitative estimate of drug-likeness (QED) is 0.679. The predicted octanol–water partition coefficient (Wildman–Crippen LogP) is 2.45. The average Bonchev–Trinajstić information content (AvgIpc) is 2.11. The molecule has 0 aliphatic heterocycles. The number of nitrogens with zero attached hydrogens (tertiary/aromatic N) is 1. The number of hydrogen-bond donors (Lipinski definition) is 1. The van der Waals surface area contributed by atoms with E-state index < -0.39 is 0 Å². The van der Waals surface area contributed by atoms with Gasteiger partial charge in [-0.25, -0.2) is 0 Å². The molecule has 0 radical (unpaired) electrons. The van der Waals surface area contributed by atoms with Crippen molar-refractivity contribution in [2.24, 2.45) is 0 Å². The molecule has 1 atom stereocenters. The van der Waals surface area contributed by atoms with Crippen LogP contribution in [0.25, 0.3) is 0 Å². The number of thioether (sulfide) groups is 1. The van der Waals surface area contributed by atoms with E-state index in [0.29, 0.717) is 6.04 Å². The van der Waals surface area contributed by atoms with E-state index in [-0.39, 0.29) is 5.54 Å². The minimum Gasteiger partial charge on any atom is -0.312 e. The Kier molecular flexibility index (Phi) is 7.66. The van der Waals surface area contributed by atoms with Crippen molar-refractivity contribution in [2.75, 3.05) is 32.1 Å². The van der Waals surface area contributed by atoms with Gasteiger partial charge in [-0.05, 0) is 60.5 Å². The fourth-order valence-corrected chi connectivity index (χ4v) is 2.12. The molecule has 0 bridgehead atoms. The Morgan fingerprint density at radius 3 is 2.40 bits per heavy atom. The third-order valence-corrected chi connectivity index (χ3v) is 3.32. The van der Waals surface area contributed by atoms with Gasteiger partial charge in [0.25, 0.3) is 0 Å². The number of rotatable bonds is 7. The summed E-state index contributed by atoms with van der Waals surface area (Å²) in [5.74, 6) is 1.23. The zero-order chi connectivity index (χ0) is 11.9. The van der Waals surface area contributed by atoms with E-state index in [9.17, 15) is 0 Å². The Morgan fingerprint density at radius 2 is 1.93 bits per heavy atom. The predicted molar refractivity (Wildman–Crippen MR) is 72.8 cm³/mol. The van der Waals surface area contributed by atoms with Gasteiger partial charge in [-0.15, -0.1) is 0 Å². The summed E-state index contributed by atoms with van der Waals surface area (Å²) in [6.45, 7) is 11.2. The maximum absolute atomic E-state index is 3.52. The van der Waals surface area contributed by atoms with Crippen molar-refractivity contribution in [3.05, 3.63) is 0 Å². The Hall–Kier alpha value is 0.270. The molecular formula is C12H28N2S. The number of hydrogen-bond acceptors (Lipinski definition) is 3. The average molecular weight is 232 g/mol. The van der Waals surface area contributed by atoms with E-state index in [1.807, 2.05) is 11.8 Å². The lowest BCUT2D eigenvalue weighted by Gasteiger charge is -2.25. The van der Waals surface area contributed by atoms with Gasteiger partial charge in [0.2, 0.25) is 0 Å². The second-order valence-electron chi connectivity index (χ2n) is 5.32. The fraction of sp³-hybridized carbons (Fsp3) is 1.00.